The fourth-order valence-electron chi connectivity index (χ4n) is 5.06. The van der Waals surface area contributed by atoms with Crippen LogP contribution < -0.4 is 14.4 Å². The summed E-state index contributed by atoms with van der Waals surface area (Å²) in [5.41, 5.74) is 2.73. The number of nitrogens with zero attached hydrogens (tertiary/aromatic N) is 2. The van der Waals surface area contributed by atoms with Crippen LogP contribution in [0.5, 0.6) is 11.5 Å². The molecule has 0 aliphatic carbocycles. The molecular formula is C30H31Cl3N2O5. The Morgan fingerprint density at radius 3 is 2.27 bits per heavy atom. The molecule has 0 spiro atoms. The van der Waals surface area contributed by atoms with Crippen molar-refractivity contribution in [3.63, 3.8) is 0 Å². The number of hydrogen-bond donors (Lipinski definition) is 0. The van der Waals surface area contributed by atoms with E-state index in [2.05, 4.69) is 0 Å². The maximum atomic E-state index is 14.1. The largest absolute Gasteiger partial charge is 0.493 e. The fourth-order valence-corrected chi connectivity index (χ4v) is 5.74. The van der Waals surface area contributed by atoms with Gasteiger partial charge in [-0.15, -0.1) is 0 Å². The van der Waals surface area contributed by atoms with Crippen LogP contribution in [-0.4, -0.2) is 43.8 Å². The summed E-state index contributed by atoms with van der Waals surface area (Å²) in [6.45, 7) is 4.24. The van der Waals surface area contributed by atoms with Gasteiger partial charge in [0.25, 0.3) is 0 Å². The Morgan fingerprint density at radius 2 is 1.62 bits per heavy atom. The lowest BCUT2D eigenvalue weighted by atomic mass is 9.89. The highest BCUT2D eigenvalue weighted by Crippen LogP contribution is 2.46. The Kier molecular flexibility index (Phi) is 9.72. The van der Waals surface area contributed by atoms with Gasteiger partial charge in [-0.05, 0) is 44.0 Å². The van der Waals surface area contributed by atoms with Gasteiger partial charge in [0.15, 0.2) is 11.5 Å². The van der Waals surface area contributed by atoms with Crippen molar-refractivity contribution in [2.45, 2.75) is 45.3 Å². The molecule has 3 aromatic rings. The number of methoxy groups -OCH3 is 2. The van der Waals surface area contributed by atoms with Crippen LogP contribution in [0.3, 0.4) is 0 Å². The molecule has 0 saturated carbocycles. The third kappa shape index (κ3) is 6.12. The molecule has 0 unspecified atom stereocenters. The summed E-state index contributed by atoms with van der Waals surface area (Å²) in [5.74, 6) is 0.747. The lowest BCUT2D eigenvalue weighted by Gasteiger charge is -2.43. The Bertz CT molecular complexity index is 1390. The summed E-state index contributed by atoms with van der Waals surface area (Å²) >= 11 is 19.2. The van der Waals surface area contributed by atoms with E-state index in [1.807, 2.05) is 43.3 Å². The van der Waals surface area contributed by atoms with E-state index in [1.54, 1.807) is 42.0 Å². The first-order chi connectivity index (χ1) is 19.2. The molecular weight excluding hydrogens is 575 g/mol. The van der Waals surface area contributed by atoms with E-state index < -0.39 is 12.1 Å². The second-order valence-electron chi connectivity index (χ2n) is 9.44. The van der Waals surface area contributed by atoms with Crippen molar-refractivity contribution < 1.29 is 23.8 Å². The Labute approximate surface area is 249 Å². The normalized spacial score (nSPS) is 16.2. The lowest BCUT2D eigenvalue weighted by molar-refractivity contribution is -0.134. The van der Waals surface area contributed by atoms with E-state index >= 15 is 0 Å². The number of fused-ring (bicyclic) bond motifs is 1. The van der Waals surface area contributed by atoms with Gasteiger partial charge in [-0.3, -0.25) is 9.69 Å². The van der Waals surface area contributed by atoms with Gasteiger partial charge in [0.05, 0.1) is 49.0 Å². The van der Waals surface area contributed by atoms with Crippen molar-refractivity contribution in [1.82, 2.24) is 4.90 Å². The third-order valence-corrected chi connectivity index (χ3v) is 8.18. The van der Waals surface area contributed by atoms with Crippen molar-refractivity contribution in [3.05, 3.63) is 86.4 Å². The van der Waals surface area contributed by atoms with E-state index in [0.29, 0.717) is 45.8 Å². The van der Waals surface area contributed by atoms with Gasteiger partial charge < -0.3 is 19.1 Å². The van der Waals surface area contributed by atoms with Crippen LogP contribution in [0.4, 0.5) is 10.5 Å². The van der Waals surface area contributed by atoms with Crippen LogP contribution in [0.2, 0.25) is 15.1 Å². The van der Waals surface area contributed by atoms with Gasteiger partial charge in [0.2, 0.25) is 5.91 Å². The number of rotatable bonds is 8. The molecule has 40 heavy (non-hydrogen) atoms. The van der Waals surface area contributed by atoms with Crippen LogP contribution >= 0.6 is 34.8 Å². The average molecular weight is 606 g/mol. The van der Waals surface area contributed by atoms with Gasteiger partial charge >= 0.3 is 6.09 Å². The first-order valence-electron chi connectivity index (χ1n) is 12.9. The molecule has 1 aliphatic rings. The number of halogens is 3. The monoisotopic (exact) mass is 604 g/mol. The fraction of sp³-hybridized carbons (Fsp3) is 0.333. The summed E-state index contributed by atoms with van der Waals surface area (Å²) in [7, 11) is 3.08. The molecule has 4 rings (SSSR count). The quantitative estimate of drug-likeness (QED) is 0.246. The Hall–Kier alpha value is -3.13. The summed E-state index contributed by atoms with van der Waals surface area (Å²) < 4.78 is 16.5. The highest BCUT2D eigenvalue weighted by atomic mass is 35.5. The molecule has 10 heteroatoms. The van der Waals surface area contributed by atoms with Gasteiger partial charge in [0, 0.05) is 34.8 Å². The molecule has 0 radical (unpaired) electrons. The summed E-state index contributed by atoms with van der Waals surface area (Å²) in [6, 6.07) is 15.8. The SMILES string of the molecule is CCOC(=O)N1c2cc(OC)c(OC)cc2[C@@H](N(Cc2ccccc2)C(=O)Cc2c(Cl)ccc(Cl)c2Cl)C[C@H]1C. The topological polar surface area (TPSA) is 68.3 Å². The number of hydrogen-bond acceptors (Lipinski definition) is 5. The number of anilines is 1. The van der Waals surface area contributed by atoms with E-state index in [9.17, 15) is 9.59 Å². The zero-order valence-corrected chi connectivity index (χ0v) is 25.0. The van der Waals surface area contributed by atoms with Crippen LogP contribution in [0.1, 0.15) is 43.0 Å². The van der Waals surface area contributed by atoms with Crippen molar-refractivity contribution in [2.75, 3.05) is 25.7 Å². The smallest absolute Gasteiger partial charge is 0.414 e. The minimum Gasteiger partial charge on any atom is -0.493 e. The number of carbonyl (C=O) groups excluding carboxylic acids is 2. The molecule has 0 bridgehead atoms. The molecule has 0 aromatic heterocycles. The zero-order valence-electron chi connectivity index (χ0n) is 22.7. The van der Waals surface area contributed by atoms with E-state index in [0.717, 1.165) is 11.1 Å². The molecule has 0 fully saturated rings. The van der Waals surface area contributed by atoms with Crippen molar-refractivity contribution in [2.24, 2.45) is 0 Å². The van der Waals surface area contributed by atoms with Crippen LogP contribution in [-0.2, 0) is 22.5 Å². The first-order valence-corrected chi connectivity index (χ1v) is 14.0. The van der Waals surface area contributed by atoms with Crippen LogP contribution in [0.15, 0.2) is 54.6 Å². The van der Waals surface area contributed by atoms with Crippen LogP contribution in [0.25, 0.3) is 0 Å². The van der Waals surface area contributed by atoms with Crippen molar-refractivity contribution in [1.29, 1.82) is 0 Å². The third-order valence-electron chi connectivity index (χ3n) is 6.98. The maximum absolute atomic E-state index is 14.1. The summed E-state index contributed by atoms with van der Waals surface area (Å²) in [5, 5.41) is 0.932. The van der Waals surface area contributed by atoms with E-state index in [-0.39, 0.29) is 30.0 Å². The highest BCUT2D eigenvalue weighted by molar-refractivity contribution is 6.44. The van der Waals surface area contributed by atoms with Gasteiger partial charge in [-0.1, -0.05) is 65.1 Å². The second-order valence-corrected chi connectivity index (χ2v) is 10.6. The number of benzene rings is 3. The van der Waals surface area contributed by atoms with Gasteiger partial charge in [-0.25, -0.2) is 4.79 Å². The maximum Gasteiger partial charge on any atom is 0.414 e. The molecule has 1 aliphatic heterocycles. The molecule has 2 amide bonds. The number of amides is 2. The molecule has 3 aromatic carbocycles. The molecule has 7 nitrogen and oxygen atoms in total. The average Bonchev–Trinajstić information content (AvgIpc) is 2.95. The molecule has 1 heterocycles. The lowest BCUT2D eigenvalue weighted by Crippen LogP contribution is -2.48. The van der Waals surface area contributed by atoms with Gasteiger partial charge in [-0.2, -0.15) is 0 Å². The van der Waals surface area contributed by atoms with E-state index in [1.165, 1.54) is 7.11 Å². The standard InChI is InChI=1S/C30H31Cl3N2O5/c1-5-40-30(37)35-18(2)13-24(21-14-26(38-3)27(39-4)16-25(21)35)34(17-19-9-7-6-8-10-19)28(36)15-20-22(31)11-12-23(32)29(20)33/h6-12,14,16,18,24H,5,13,15,17H2,1-4H3/t18-,24+/m1/s1. The molecule has 0 saturated heterocycles. The minimum absolute atomic E-state index is 0.0554. The molecule has 2 atom stereocenters. The van der Waals surface area contributed by atoms with Gasteiger partial charge in [0.1, 0.15) is 0 Å². The Balaban J connectivity index is 1.85. The molecule has 212 valence electrons. The van der Waals surface area contributed by atoms with Crippen LogP contribution in [0, 0.1) is 0 Å². The summed E-state index contributed by atoms with van der Waals surface area (Å²) in [4.78, 5) is 30.6. The molecule has 0 N–H and O–H groups in total. The summed E-state index contributed by atoms with van der Waals surface area (Å²) in [6.07, 6.45) is -0.0721. The minimum atomic E-state index is -0.472. The highest BCUT2D eigenvalue weighted by Gasteiger charge is 2.40. The second kappa shape index (κ2) is 13.0. The number of carbonyl (C=O) groups is 2. The van der Waals surface area contributed by atoms with Crippen molar-refractivity contribution in [3.8, 4) is 11.5 Å². The van der Waals surface area contributed by atoms with E-state index in [4.69, 9.17) is 49.0 Å². The first kappa shape index (κ1) is 29.8. The van der Waals surface area contributed by atoms with Crippen molar-refractivity contribution >= 4 is 52.5 Å². The zero-order chi connectivity index (χ0) is 29.0. The number of ether oxygens (including phenoxy) is 3. The predicted molar refractivity (Wildman–Crippen MR) is 158 cm³/mol. The Morgan fingerprint density at radius 1 is 0.975 bits per heavy atom. The predicted octanol–water partition coefficient (Wildman–Crippen LogP) is 7.73.